The van der Waals surface area contributed by atoms with Crippen LogP contribution in [-0.4, -0.2) is 20.9 Å². The third-order valence-corrected chi connectivity index (χ3v) is 4.76. The molecule has 4 rings (SSSR count). The van der Waals surface area contributed by atoms with Crippen LogP contribution in [0.1, 0.15) is 11.3 Å². The van der Waals surface area contributed by atoms with Gasteiger partial charge >= 0.3 is 6.18 Å². The highest BCUT2D eigenvalue weighted by Crippen LogP contribution is 2.36. The van der Waals surface area contributed by atoms with Crippen LogP contribution in [0.2, 0.25) is 0 Å². The Morgan fingerprint density at radius 2 is 1.94 bits per heavy atom. The number of hydrogen-bond acceptors (Lipinski definition) is 4. The minimum absolute atomic E-state index is 0.0121. The number of hydrogen-bond donors (Lipinski definition) is 2. The molecule has 3 aromatic heterocycles. The van der Waals surface area contributed by atoms with Crippen LogP contribution in [0.15, 0.2) is 67.6 Å². The molecule has 0 unspecified atom stereocenters. The maximum absolute atomic E-state index is 13.5. The van der Waals surface area contributed by atoms with Gasteiger partial charge in [-0.25, -0.2) is 9.97 Å². The number of H-pyrrole nitrogens is 1. The number of amides is 1. The van der Waals surface area contributed by atoms with Crippen LogP contribution in [0.25, 0.3) is 33.3 Å². The van der Waals surface area contributed by atoms with Gasteiger partial charge in [0.15, 0.2) is 0 Å². The van der Waals surface area contributed by atoms with Crippen molar-refractivity contribution in [1.82, 2.24) is 15.0 Å². The van der Waals surface area contributed by atoms with Crippen LogP contribution in [0.3, 0.4) is 0 Å². The fourth-order valence-corrected chi connectivity index (χ4v) is 3.28. The first kappa shape index (κ1) is 20.8. The number of benzene rings is 1. The lowest BCUT2D eigenvalue weighted by molar-refractivity contribution is -0.137. The summed E-state index contributed by atoms with van der Waals surface area (Å²) in [5.74, 6) is -0.622. The molecule has 158 valence electrons. The predicted molar refractivity (Wildman–Crippen MR) is 113 cm³/mol. The molecule has 3 heterocycles. The van der Waals surface area contributed by atoms with Gasteiger partial charge in [0.1, 0.15) is 17.4 Å². The topological polar surface area (TPSA) is 94.5 Å². The van der Waals surface area contributed by atoms with Crippen LogP contribution < -0.4 is 5.32 Å². The number of aromatic amines is 1. The SMILES string of the molecule is C=CC(=O)Nc1cc(-c2cnc3[nH]cc(-c4ccnc(C#N)c4)c3c2)cc(C(F)(F)F)c1. The maximum atomic E-state index is 13.5. The first-order chi connectivity index (χ1) is 15.3. The number of fused-ring (bicyclic) bond motifs is 1. The number of nitrogens with one attached hydrogen (secondary N) is 2. The summed E-state index contributed by atoms with van der Waals surface area (Å²) in [5.41, 5.74) is 1.94. The highest BCUT2D eigenvalue weighted by Gasteiger charge is 2.31. The van der Waals surface area contributed by atoms with E-state index in [4.69, 9.17) is 5.26 Å². The molecule has 1 aromatic carbocycles. The number of pyridine rings is 2. The average molecular weight is 433 g/mol. The molecule has 4 aromatic rings. The van der Waals surface area contributed by atoms with Crippen LogP contribution in [-0.2, 0) is 11.0 Å². The number of anilines is 1. The zero-order valence-electron chi connectivity index (χ0n) is 16.4. The lowest BCUT2D eigenvalue weighted by Gasteiger charge is -2.13. The molecule has 0 spiro atoms. The standard InChI is InChI=1S/C23H14F3N5O/c1-2-21(32)31-17-7-14(5-16(9-17)23(24,25)26)15-8-19-20(12-30-22(19)29-11-15)13-3-4-28-18(6-13)10-27/h2-9,11-12H,1H2,(H,29,30)(H,31,32). The molecular formula is C23H14F3N5O. The van der Waals surface area contributed by atoms with Gasteiger partial charge in [0.25, 0.3) is 0 Å². The normalized spacial score (nSPS) is 11.2. The van der Waals surface area contributed by atoms with Crippen molar-refractivity contribution in [2.24, 2.45) is 0 Å². The number of halogens is 3. The van der Waals surface area contributed by atoms with E-state index < -0.39 is 17.6 Å². The summed E-state index contributed by atoms with van der Waals surface area (Å²) in [6.07, 6.45) is 1.03. The summed E-state index contributed by atoms with van der Waals surface area (Å²) in [6, 6.07) is 10.3. The van der Waals surface area contributed by atoms with E-state index in [1.165, 1.54) is 18.5 Å². The highest BCUT2D eigenvalue weighted by atomic mass is 19.4. The van der Waals surface area contributed by atoms with Crippen LogP contribution in [0.5, 0.6) is 0 Å². The Kier molecular flexibility index (Phi) is 5.20. The second-order valence-corrected chi connectivity index (χ2v) is 6.85. The summed E-state index contributed by atoms with van der Waals surface area (Å²) in [6.45, 7) is 3.32. The molecule has 0 bridgehead atoms. The average Bonchev–Trinajstić information content (AvgIpc) is 3.21. The minimum Gasteiger partial charge on any atom is -0.346 e. The summed E-state index contributed by atoms with van der Waals surface area (Å²) >= 11 is 0. The van der Waals surface area contributed by atoms with Crippen molar-refractivity contribution in [2.45, 2.75) is 6.18 Å². The Balaban J connectivity index is 1.86. The number of aromatic nitrogens is 3. The third-order valence-electron chi connectivity index (χ3n) is 4.76. The van der Waals surface area contributed by atoms with E-state index in [0.717, 1.165) is 23.8 Å². The van der Waals surface area contributed by atoms with Crippen LogP contribution in [0, 0.1) is 11.3 Å². The van der Waals surface area contributed by atoms with E-state index in [1.807, 2.05) is 6.07 Å². The van der Waals surface area contributed by atoms with Gasteiger partial charge in [-0.1, -0.05) is 6.58 Å². The molecule has 0 saturated carbocycles. The van der Waals surface area contributed by atoms with Gasteiger partial charge in [-0.2, -0.15) is 18.4 Å². The van der Waals surface area contributed by atoms with Gasteiger partial charge in [0, 0.05) is 40.8 Å². The summed E-state index contributed by atoms with van der Waals surface area (Å²) < 4.78 is 40.4. The fourth-order valence-electron chi connectivity index (χ4n) is 3.28. The largest absolute Gasteiger partial charge is 0.416 e. The lowest BCUT2D eigenvalue weighted by Crippen LogP contribution is -2.10. The molecule has 0 atom stereocenters. The second-order valence-electron chi connectivity index (χ2n) is 6.85. The van der Waals surface area contributed by atoms with E-state index >= 15 is 0 Å². The van der Waals surface area contributed by atoms with Gasteiger partial charge in [-0.15, -0.1) is 0 Å². The first-order valence-electron chi connectivity index (χ1n) is 9.28. The molecule has 1 amide bonds. The number of nitrogens with zero attached hydrogens (tertiary/aromatic N) is 3. The Morgan fingerprint density at radius 3 is 2.66 bits per heavy atom. The smallest absolute Gasteiger partial charge is 0.346 e. The minimum atomic E-state index is -4.61. The molecule has 0 aliphatic heterocycles. The number of carbonyl (C=O) groups is 1. The monoisotopic (exact) mass is 433 g/mol. The zero-order chi connectivity index (χ0) is 22.9. The fraction of sp³-hybridized carbons (Fsp3) is 0.0435. The molecule has 0 radical (unpaired) electrons. The van der Waals surface area contributed by atoms with Crippen molar-refractivity contribution in [1.29, 1.82) is 5.26 Å². The van der Waals surface area contributed by atoms with E-state index in [2.05, 4.69) is 26.8 Å². The molecule has 0 aliphatic rings. The first-order valence-corrected chi connectivity index (χ1v) is 9.28. The number of alkyl halides is 3. The molecule has 0 saturated heterocycles. The molecule has 32 heavy (non-hydrogen) atoms. The van der Waals surface area contributed by atoms with Gasteiger partial charge in [-0.3, -0.25) is 4.79 Å². The van der Waals surface area contributed by atoms with E-state index in [1.54, 1.807) is 24.4 Å². The van der Waals surface area contributed by atoms with Crippen molar-refractivity contribution in [3.05, 3.63) is 78.9 Å². The Morgan fingerprint density at radius 1 is 1.12 bits per heavy atom. The van der Waals surface area contributed by atoms with Crippen molar-refractivity contribution in [3.63, 3.8) is 0 Å². The third kappa shape index (κ3) is 4.06. The van der Waals surface area contributed by atoms with Crippen molar-refractivity contribution < 1.29 is 18.0 Å². The zero-order valence-corrected chi connectivity index (χ0v) is 16.4. The van der Waals surface area contributed by atoms with Crippen LogP contribution >= 0.6 is 0 Å². The van der Waals surface area contributed by atoms with E-state index in [0.29, 0.717) is 22.2 Å². The van der Waals surface area contributed by atoms with Gasteiger partial charge in [0.2, 0.25) is 5.91 Å². The van der Waals surface area contributed by atoms with Gasteiger partial charge in [-0.05, 0) is 53.6 Å². The number of carbonyl (C=O) groups excluding carboxylic acids is 1. The quantitative estimate of drug-likeness (QED) is 0.427. The summed E-state index contributed by atoms with van der Waals surface area (Å²) in [4.78, 5) is 22.9. The molecule has 0 fully saturated rings. The number of rotatable bonds is 4. The van der Waals surface area contributed by atoms with Crippen LogP contribution in [0.4, 0.5) is 18.9 Å². The Bertz CT molecular complexity index is 1400. The number of nitriles is 1. The second kappa shape index (κ2) is 8.00. The molecule has 9 heteroatoms. The van der Waals surface area contributed by atoms with E-state index in [-0.39, 0.29) is 16.9 Å². The van der Waals surface area contributed by atoms with Crippen molar-refractivity contribution in [2.75, 3.05) is 5.32 Å². The Hall–Kier alpha value is -4.45. The lowest BCUT2D eigenvalue weighted by atomic mass is 10.00. The molecule has 0 aliphatic carbocycles. The maximum Gasteiger partial charge on any atom is 0.416 e. The Labute approximate surface area is 180 Å². The predicted octanol–water partition coefficient (Wildman–Crippen LogP) is 5.31. The van der Waals surface area contributed by atoms with Gasteiger partial charge < -0.3 is 10.3 Å². The van der Waals surface area contributed by atoms with Crippen molar-refractivity contribution >= 4 is 22.6 Å². The van der Waals surface area contributed by atoms with Gasteiger partial charge in [0.05, 0.1) is 5.56 Å². The molecular weight excluding hydrogens is 419 g/mol. The molecule has 2 N–H and O–H groups in total. The summed E-state index contributed by atoms with van der Waals surface area (Å²) in [5, 5.41) is 12.1. The molecule has 6 nitrogen and oxygen atoms in total. The van der Waals surface area contributed by atoms with E-state index in [9.17, 15) is 18.0 Å². The summed E-state index contributed by atoms with van der Waals surface area (Å²) in [7, 11) is 0. The van der Waals surface area contributed by atoms with Crippen molar-refractivity contribution in [3.8, 4) is 28.3 Å². The highest BCUT2D eigenvalue weighted by molar-refractivity contribution is 6.00.